The number of benzene rings is 1. The normalized spacial score (nSPS) is 16.5. The molecule has 0 unspecified atom stereocenters. The van der Waals surface area contributed by atoms with E-state index in [1.54, 1.807) is 18.1 Å². The van der Waals surface area contributed by atoms with E-state index in [1.807, 2.05) is 24.5 Å². The Kier molecular flexibility index (Phi) is 3.31. The van der Waals surface area contributed by atoms with Gasteiger partial charge in [0.25, 0.3) is 5.91 Å². The van der Waals surface area contributed by atoms with Crippen LogP contribution in [0.2, 0.25) is 0 Å². The summed E-state index contributed by atoms with van der Waals surface area (Å²) in [6, 6.07) is 5.59. The van der Waals surface area contributed by atoms with E-state index in [0.717, 1.165) is 35.0 Å². The number of nitrogens with one attached hydrogen (secondary N) is 1. The Morgan fingerprint density at radius 3 is 3.04 bits per heavy atom. The van der Waals surface area contributed by atoms with Gasteiger partial charge in [0, 0.05) is 25.3 Å². The van der Waals surface area contributed by atoms with Crippen LogP contribution in [0.25, 0.3) is 11.2 Å². The summed E-state index contributed by atoms with van der Waals surface area (Å²) < 4.78 is 7.62. The fourth-order valence-electron chi connectivity index (χ4n) is 3.11. The van der Waals surface area contributed by atoms with Crippen molar-refractivity contribution in [3.8, 4) is 5.75 Å². The van der Waals surface area contributed by atoms with Crippen molar-refractivity contribution in [2.45, 2.75) is 19.4 Å². The summed E-state index contributed by atoms with van der Waals surface area (Å²) in [6.45, 7) is 1.01. The minimum absolute atomic E-state index is 0.0514. The van der Waals surface area contributed by atoms with Crippen LogP contribution in [0.4, 0.5) is 17.3 Å². The van der Waals surface area contributed by atoms with E-state index < -0.39 is 0 Å². The van der Waals surface area contributed by atoms with E-state index in [1.165, 1.54) is 12.8 Å². The molecule has 0 spiro atoms. The van der Waals surface area contributed by atoms with Gasteiger partial charge < -0.3 is 19.5 Å². The first kappa shape index (κ1) is 15.1. The number of rotatable bonds is 4. The van der Waals surface area contributed by atoms with Crippen LogP contribution >= 0.6 is 0 Å². The number of hydrogen-bond acceptors (Lipinski definition) is 6. The van der Waals surface area contributed by atoms with Crippen molar-refractivity contribution in [1.29, 1.82) is 0 Å². The van der Waals surface area contributed by atoms with E-state index >= 15 is 0 Å². The number of nitrogens with zero attached hydrogens (tertiary/aromatic N) is 5. The van der Waals surface area contributed by atoms with Gasteiger partial charge in [-0.25, -0.2) is 9.97 Å². The topological polar surface area (TPSA) is 85.2 Å². The quantitative estimate of drug-likeness (QED) is 0.777. The second-order valence-electron chi connectivity index (χ2n) is 6.79. The molecule has 0 bridgehead atoms. The van der Waals surface area contributed by atoms with Crippen LogP contribution in [0, 0.1) is 5.92 Å². The van der Waals surface area contributed by atoms with Gasteiger partial charge in [0.2, 0.25) is 5.95 Å². The second kappa shape index (κ2) is 5.69. The molecule has 8 nitrogen and oxygen atoms in total. The lowest BCUT2D eigenvalue weighted by Crippen LogP contribution is -2.35. The Balaban J connectivity index is 1.43. The summed E-state index contributed by atoms with van der Waals surface area (Å²) in [5.41, 5.74) is 3.20. The number of anilines is 3. The average Bonchev–Trinajstić information content (AvgIpc) is 3.38. The smallest absolute Gasteiger partial charge is 0.264 e. The third kappa shape index (κ3) is 2.63. The van der Waals surface area contributed by atoms with E-state index in [0.29, 0.717) is 11.7 Å². The van der Waals surface area contributed by atoms with Crippen molar-refractivity contribution < 1.29 is 9.53 Å². The highest BCUT2D eigenvalue weighted by molar-refractivity contribution is 5.97. The van der Waals surface area contributed by atoms with Crippen molar-refractivity contribution in [2.24, 2.45) is 5.92 Å². The molecule has 1 aliphatic heterocycles. The first-order chi connectivity index (χ1) is 12.7. The Morgan fingerprint density at radius 1 is 1.31 bits per heavy atom. The predicted molar refractivity (Wildman–Crippen MR) is 96.7 cm³/mol. The number of aromatic nitrogens is 4. The molecule has 1 aliphatic carbocycles. The molecule has 0 atom stereocenters. The minimum Gasteiger partial charge on any atom is -0.481 e. The summed E-state index contributed by atoms with van der Waals surface area (Å²) >= 11 is 0. The van der Waals surface area contributed by atoms with Gasteiger partial charge in [-0.1, -0.05) is 0 Å². The average molecular weight is 350 g/mol. The second-order valence-corrected chi connectivity index (χ2v) is 6.79. The summed E-state index contributed by atoms with van der Waals surface area (Å²) in [7, 11) is 1.74. The van der Waals surface area contributed by atoms with Crippen molar-refractivity contribution in [3.63, 3.8) is 0 Å². The fraction of sp³-hybridized carbons (Fsp3) is 0.333. The molecule has 1 aromatic carbocycles. The molecule has 26 heavy (non-hydrogen) atoms. The van der Waals surface area contributed by atoms with E-state index in [9.17, 15) is 4.79 Å². The molecule has 2 aliphatic rings. The number of amides is 1. The number of ether oxygens (including phenoxy) is 1. The molecule has 132 valence electrons. The summed E-state index contributed by atoms with van der Waals surface area (Å²) in [5, 5.41) is 3.21. The standard InChI is InChI=1S/C18H18N6O2/c1-23-14-5-4-12(6-15(14)26-9-16(23)25)21-18-19-7-13-17(22-18)24(10-20-13)8-11-2-3-11/h4-7,10-11H,2-3,8-9H2,1H3,(H,19,21,22). The van der Waals surface area contributed by atoms with Crippen molar-refractivity contribution >= 4 is 34.4 Å². The molecule has 0 radical (unpaired) electrons. The molecular formula is C18H18N6O2. The number of carbonyl (C=O) groups is 1. The van der Waals surface area contributed by atoms with Crippen LogP contribution < -0.4 is 15.0 Å². The summed E-state index contributed by atoms with van der Waals surface area (Å²) in [4.78, 5) is 26.6. The first-order valence-corrected chi connectivity index (χ1v) is 8.66. The van der Waals surface area contributed by atoms with Gasteiger partial charge in [0.15, 0.2) is 12.3 Å². The largest absolute Gasteiger partial charge is 0.481 e. The van der Waals surface area contributed by atoms with Crippen molar-refractivity contribution in [2.75, 3.05) is 23.9 Å². The van der Waals surface area contributed by atoms with Gasteiger partial charge in [-0.2, -0.15) is 4.98 Å². The van der Waals surface area contributed by atoms with Crippen LogP contribution in [0.15, 0.2) is 30.7 Å². The summed E-state index contributed by atoms with van der Waals surface area (Å²) in [6.07, 6.45) is 6.13. The molecule has 1 amide bonds. The Morgan fingerprint density at radius 2 is 2.19 bits per heavy atom. The van der Waals surface area contributed by atoms with Gasteiger partial charge in [0.1, 0.15) is 11.3 Å². The zero-order valence-electron chi connectivity index (χ0n) is 14.3. The lowest BCUT2D eigenvalue weighted by atomic mass is 10.2. The molecule has 1 fully saturated rings. The van der Waals surface area contributed by atoms with Gasteiger partial charge in [-0.3, -0.25) is 4.79 Å². The van der Waals surface area contributed by atoms with E-state index in [2.05, 4.69) is 24.8 Å². The Labute approximate surface area is 149 Å². The number of imidazole rings is 1. The molecular weight excluding hydrogens is 332 g/mol. The Bertz CT molecular complexity index is 1010. The van der Waals surface area contributed by atoms with Gasteiger partial charge in [-0.15, -0.1) is 0 Å². The Hall–Kier alpha value is -3.16. The monoisotopic (exact) mass is 350 g/mol. The van der Waals surface area contributed by atoms with Crippen LogP contribution in [-0.2, 0) is 11.3 Å². The SMILES string of the molecule is CN1C(=O)COc2cc(Nc3ncc4ncn(CC5CC5)c4n3)ccc21. The van der Waals surface area contributed by atoms with E-state index in [-0.39, 0.29) is 12.5 Å². The predicted octanol–water partition coefficient (Wildman–Crippen LogP) is 2.34. The highest BCUT2D eigenvalue weighted by Gasteiger charge is 2.23. The van der Waals surface area contributed by atoms with Crippen LogP contribution in [0.5, 0.6) is 5.75 Å². The maximum atomic E-state index is 11.7. The molecule has 3 aromatic rings. The first-order valence-electron chi connectivity index (χ1n) is 8.66. The summed E-state index contributed by atoms with van der Waals surface area (Å²) in [5.74, 6) is 1.86. The van der Waals surface area contributed by atoms with Crippen LogP contribution in [0.1, 0.15) is 12.8 Å². The minimum atomic E-state index is -0.0593. The molecule has 8 heteroatoms. The van der Waals surface area contributed by atoms with E-state index in [4.69, 9.17) is 4.74 Å². The van der Waals surface area contributed by atoms with Crippen LogP contribution in [-0.4, -0.2) is 39.1 Å². The highest BCUT2D eigenvalue weighted by atomic mass is 16.5. The number of likely N-dealkylation sites (N-methyl/N-ethyl adjacent to an activating group) is 1. The molecule has 2 aromatic heterocycles. The van der Waals surface area contributed by atoms with Crippen molar-refractivity contribution in [3.05, 3.63) is 30.7 Å². The zero-order chi connectivity index (χ0) is 17.7. The highest BCUT2D eigenvalue weighted by Crippen LogP contribution is 2.34. The molecule has 0 saturated heterocycles. The molecule has 3 heterocycles. The lowest BCUT2D eigenvalue weighted by Gasteiger charge is -2.26. The number of carbonyl (C=O) groups excluding carboxylic acids is 1. The fourth-order valence-corrected chi connectivity index (χ4v) is 3.11. The maximum Gasteiger partial charge on any atom is 0.264 e. The number of hydrogen-bond donors (Lipinski definition) is 1. The molecule has 1 saturated carbocycles. The van der Waals surface area contributed by atoms with Gasteiger partial charge in [0.05, 0.1) is 18.2 Å². The van der Waals surface area contributed by atoms with Gasteiger partial charge >= 0.3 is 0 Å². The molecule has 5 rings (SSSR count). The van der Waals surface area contributed by atoms with Crippen molar-refractivity contribution in [1.82, 2.24) is 19.5 Å². The lowest BCUT2D eigenvalue weighted by molar-refractivity contribution is -0.120. The maximum absolute atomic E-state index is 11.7. The third-order valence-electron chi connectivity index (χ3n) is 4.81. The third-order valence-corrected chi connectivity index (χ3v) is 4.81. The van der Waals surface area contributed by atoms with Gasteiger partial charge in [-0.05, 0) is 30.9 Å². The number of fused-ring (bicyclic) bond motifs is 2. The van der Waals surface area contributed by atoms with Crippen LogP contribution in [0.3, 0.4) is 0 Å². The zero-order valence-corrected chi connectivity index (χ0v) is 14.3. The molecule has 1 N–H and O–H groups in total.